The maximum Gasteiger partial charge on any atom is 0.159 e. The third-order valence-corrected chi connectivity index (χ3v) is 4.13. The maximum absolute atomic E-state index is 6.21. The quantitative estimate of drug-likeness (QED) is 0.635. The summed E-state index contributed by atoms with van der Waals surface area (Å²) in [6.45, 7) is 3.98. The minimum atomic E-state index is 0.442. The molecule has 5 nitrogen and oxygen atoms in total. The number of nitrogens with two attached hydrogens (primary N) is 1. The Morgan fingerprint density at radius 1 is 0.917 bits per heavy atom. The number of nitrogens with zero attached hydrogens (tertiary/aromatic N) is 2. The standard InChI is InChI=1S/C18H18ClN5/c1-11-6-8-13(9-7-11)23-17-16(20)18(22-10-21-17)24-15-5-3-4-14(19)12(15)2/h3-10H,20H2,1-2H3,(H2,21,22,23,24). The molecule has 0 aliphatic carbocycles. The Labute approximate surface area is 145 Å². The molecule has 122 valence electrons. The van der Waals surface area contributed by atoms with Crippen molar-refractivity contribution < 1.29 is 0 Å². The molecule has 24 heavy (non-hydrogen) atoms. The number of nitrogens with one attached hydrogen (secondary N) is 2. The Balaban J connectivity index is 1.88. The summed E-state index contributed by atoms with van der Waals surface area (Å²) in [7, 11) is 0. The van der Waals surface area contributed by atoms with Crippen molar-refractivity contribution in [2.45, 2.75) is 13.8 Å². The van der Waals surface area contributed by atoms with Crippen LogP contribution in [-0.4, -0.2) is 9.97 Å². The first-order valence-electron chi connectivity index (χ1n) is 7.51. The number of hydrogen-bond donors (Lipinski definition) is 3. The second-order valence-electron chi connectivity index (χ2n) is 5.51. The second-order valence-corrected chi connectivity index (χ2v) is 5.92. The van der Waals surface area contributed by atoms with Gasteiger partial charge in [0.1, 0.15) is 12.0 Å². The number of aryl methyl sites for hydroxylation is 1. The number of hydrogen-bond acceptors (Lipinski definition) is 5. The summed E-state index contributed by atoms with van der Waals surface area (Å²) in [5.74, 6) is 1.08. The van der Waals surface area contributed by atoms with Gasteiger partial charge in [0.2, 0.25) is 0 Å². The van der Waals surface area contributed by atoms with Crippen molar-refractivity contribution in [3.63, 3.8) is 0 Å². The van der Waals surface area contributed by atoms with Crippen LogP contribution in [0, 0.1) is 13.8 Å². The van der Waals surface area contributed by atoms with Crippen LogP contribution < -0.4 is 16.4 Å². The molecule has 1 aromatic heterocycles. The summed E-state index contributed by atoms with van der Waals surface area (Å²) in [5.41, 5.74) is 10.5. The van der Waals surface area contributed by atoms with Crippen LogP contribution in [0.5, 0.6) is 0 Å². The van der Waals surface area contributed by atoms with E-state index in [2.05, 4.69) is 20.6 Å². The summed E-state index contributed by atoms with van der Waals surface area (Å²) in [6.07, 6.45) is 1.47. The molecule has 0 amide bonds. The summed E-state index contributed by atoms with van der Waals surface area (Å²) in [6, 6.07) is 13.6. The predicted molar refractivity (Wildman–Crippen MR) is 100 cm³/mol. The van der Waals surface area contributed by atoms with Gasteiger partial charge in [-0.1, -0.05) is 35.4 Å². The van der Waals surface area contributed by atoms with Crippen LogP contribution in [-0.2, 0) is 0 Å². The fourth-order valence-electron chi connectivity index (χ4n) is 2.24. The summed E-state index contributed by atoms with van der Waals surface area (Å²) in [5, 5.41) is 7.11. The number of benzene rings is 2. The van der Waals surface area contributed by atoms with Crippen molar-refractivity contribution in [3.05, 3.63) is 64.9 Å². The summed E-state index contributed by atoms with van der Waals surface area (Å²) in [4.78, 5) is 8.46. The molecule has 0 saturated carbocycles. The summed E-state index contributed by atoms with van der Waals surface area (Å²) < 4.78 is 0. The van der Waals surface area contributed by atoms with E-state index in [0.717, 1.165) is 16.9 Å². The molecule has 0 aliphatic heterocycles. The first-order valence-corrected chi connectivity index (χ1v) is 7.88. The minimum Gasteiger partial charge on any atom is -0.393 e. The largest absolute Gasteiger partial charge is 0.393 e. The van der Waals surface area contributed by atoms with Crippen molar-refractivity contribution in [1.29, 1.82) is 0 Å². The van der Waals surface area contributed by atoms with Gasteiger partial charge in [0.25, 0.3) is 0 Å². The van der Waals surface area contributed by atoms with Crippen molar-refractivity contribution in [2.75, 3.05) is 16.4 Å². The Kier molecular flexibility index (Phi) is 4.53. The van der Waals surface area contributed by atoms with E-state index in [1.807, 2.05) is 56.3 Å². The highest BCUT2D eigenvalue weighted by atomic mass is 35.5. The van der Waals surface area contributed by atoms with Gasteiger partial charge in [-0.2, -0.15) is 0 Å². The number of aromatic nitrogens is 2. The Hall–Kier alpha value is -2.79. The lowest BCUT2D eigenvalue weighted by Crippen LogP contribution is -2.05. The predicted octanol–water partition coefficient (Wildman–Crippen LogP) is 4.82. The smallest absolute Gasteiger partial charge is 0.159 e. The second kappa shape index (κ2) is 6.76. The zero-order valence-electron chi connectivity index (χ0n) is 13.5. The molecule has 2 aromatic carbocycles. The lowest BCUT2D eigenvalue weighted by Gasteiger charge is -2.14. The van der Waals surface area contributed by atoms with Crippen LogP contribution in [0.2, 0.25) is 5.02 Å². The van der Waals surface area contributed by atoms with E-state index in [-0.39, 0.29) is 0 Å². The number of halogens is 1. The monoisotopic (exact) mass is 339 g/mol. The van der Waals surface area contributed by atoms with Crippen molar-refractivity contribution in [2.24, 2.45) is 0 Å². The number of nitrogen functional groups attached to an aromatic ring is 1. The first-order chi connectivity index (χ1) is 11.5. The zero-order chi connectivity index (χ0) is 17.1. The number of rotatable bonds is 4. The van der Waals surface area contributed by atoms with Gasteiger partial charge in [-0.25, -0.2) is 9.97 Å². The van der Waals surface area contributed by atoms with Crippen molar-refractivity contribution >= 4 is 40.3 Å². The third-order valence-electron chi connectivity index (χ3n) is 3.72. The molecule has 0 aliphatic rings. The average molecular weight is 340 g/mol. The highest BCUT2D eigenvalue weighted by Crippen LogP contribution is 2.31. The molecule has 3 aromatic rings. The highest BCUT2D eigenvalue weighted by Gasteiger charge is 2.10. The van der Waals surface area contributed by atoms with Crippen LogP contribution in [0.1, 0.15) is 11.1 Å². The summed E-state index contributed by atoms with van der Waals surface area (Å²) >= 11 is 6.15. The highest BCUT2D eigenvalue weighted by molar-refractivity contribution is 6.31. The Morgan fingerprint density at radius 2 is 1.58 bits per heavy atom. The van der Waals surface area contributed by atoms with Gasteiger partial charge < -0.3 is 16.4 Å². The van der Waals surface area contributed by atoms with Gasteiger partial charge in [-0.15, -0.1) is 0 Å². The molecule has 6 heteroatoms. The molecule has 1 heterocycles. The van der Waals surface area contributed by atoms with Crippen LogP contribution in [0.4, 0.5) is 28.7 Å². The molecule has 0 unspecified atom stereocenters. The SMILES string of the molecule is Cc1ccc(Nc2ncnc(Nc3cccc(Cl)c3C)c2N)cc1. The first kappa shape index (κ1) is 16.1. The van der Waals surface area contributed by atoms with Crippen LogP contribution in [0.3, 0.4) is 0 Å². The third kappa shape index (κ3) is 3.41. The molecule has 0 atom stereocenters. The number of anilines is 5. The van der Waals surface area contributed by atoms with Crippen molar-refractivity contribution in [3.8, 4) is 0 Å². The van der Waals surface area contributed by atoms with E-state index in [1.54, 1.807) is 0 Å². The van der Waals surface area contributed by atoms with E-state index >= 15 is 0 Å². The van der Waals surface area contributed by atoms with Crippen molar-refractivity contribution in [1.82, 2.24) is 9.97 Å². The fraction of sp³-hybridized carbons (Fsp3) is 0.111. The lowest BCUT2D eigenvalue weighted by atomic mass is 10.2. The molecular weight excluding hydrogens is 322 g/mol. The molecule has 3 rings (SSSR count). The lowest BCUT2D eigenvalue weighted by molar-refractivity contribution is 1.17. The van der Waals surface area contributed by atoms with Crippen LogP contribution in [0.15, 0.2) is 48.8 Å². The van der Waals surface area contributed by atoms with Gasteiger partial charge in [0, 0.05) is 16.4 Å². The van der Waals surface area contributed by atoms with Gasteiger partial charge in [-0.05, 0) is 43.7 Å². The molecule has 0 fully saturated rings. The molecule has 0 spiro atoms. The van der Waals surface area contributed by atoms with Crippen LogP contribution >= 0.6 is 11.6 Å². The van der Waals surface area contributed by atoms with Gasteiger partial charge >= 0.3 is 0 Å². The van der Waals surface area contributed by atoms with E-state index in [9.17, 15) is 0 Å². The van der Waals surface area contributed by atoms with Gasteiger partial charge in [0.15, 0.2) is 11.6 Å². The van der Waals surface area contributed by atoms with E-state index in [1.165, 1.54) is 11.9 Å². The Morgan fingerprint density at radius 3 is 2.29 bits per heavy atom. The zero-order valence-corrected chi connectivity index (χ0v) is 14.2. The molecular formula is C18H18ClN5. The molecule has 0 radical (unpaired) electrons. The van der Waals surface area contributed by atoms with Gasteiger partial charge in [0.05, 0.1) is 0 Å². The normalized spacial score (nSPS) is 10.5. The average Bonchev–Trinajstić information content (AvgIpc) is 2.57. The molecule has 0 bridgehead atoms. The fourth-order valence-corrected chi connectivity index (χ4v) is 2.41. The maximum atomic E-state index is 6.21. The molecule has 0 saturated heterocycles. The van der Waals surface area contributed by atoms with E-state index < -0.39 is 0 Å². The molecule has 4 N–H and O–H groups in total. The van der Waals surface area contributed by atoms with Gasteiger partial charge in [-0.3, -0.25) is 0 Å². The Bertz CT molecular complexity index is 862. The van der Waals surface area contributed by atoms with Crippen LogP contribution in [0.25, 0.3) is 0 Å². The van der Waals surface area contributed by atoms with E-state index in [0.29, 0.717) is 22.3 Å². The topological polar surface area (TPSA) is 75.9 Å². The van der Waals surface area contributed by atoms with E-state index in [4.69, 9.17) is 17.3 Å². The minimum absolute atomic E-state index is 0.442.